The lowest BCUT2D eigenvalue weighted by Gasteiger charge is -2.18. The van der Waals surface area contributed by atoms with Gasteiger partial charge in [-0.05, 0) is 47.2 Å². The Labute approximate surface area is 348 Å². The average Bonchev–Trinajstić information content (AvgIpc) is 3.96. The van der Waals surface area contributed by atoms with E-state index in [1.165, 1.54) is 0 Å². The third-order valence-corrected chi connectivity index (χ3v) is 11.2. The maximum atomic E-state index is 6.77. The van der Waals surface area contributed by atoms with E-state index in [4.69, 9.17) is 86.6 Å². The zero-order valence-corrected chi connectivity index (χ0v) is 31.1. The zero-order chi connectivity index (χ0) is 40.4. The minimum absolute atomic E-state index is 0.119. The third-order valence-electron chi connectivity index (χ3n) is 11.2. The summed E-state index contributed by atoms with van der Waals surface area (Å²) in [5.74, 6) is 1.47. The zero-order valence-electron chi connectivity index (χ0n) is 31.1. The summed E-state index contributed by atoms with van der Waals surface area (Å²) < 4.78 is 14.7. The number of fused-ring (bicyclic) bond motifs is 9. The third kappa shape index (κ3) is 5.08. The Balaban J connectivity index is 1.16. The first-order chi connectivity index (χ1) is 28.6. The maximum absolute atomic E-state index is 6.77. The van der Waals surface area contributed by atoms with Crippen molar-refractivity contribution >= 4 is 172 Å². The molecule has 0 bridgehead atoms. The summed E-state index contributed by atoms with van der Waals surface area (Å²) in [6.45, 7) is 0. The second-order valence-corrected chi connectivity index (χ2v) is 14.5. The Morgan fingerprint density at radius 1 is 0.373 bits per heavy atom. The second-order valence-electron chi connectivity index (χ2n) is 14.5. The summed E-state index contributed by atoms with van der Waals surface area (Å²) in [5.41, 5.74) is 7.78. The van der Waals surface area contributed by atoms with Gasteiger partial charge in [0.15, 0.2) is 17.5 Å². The number of furan rings is 2. The molecule has 7 aromatic carbocycles. The van der Waals surface area contributed by atoms with Gasteiger partial charge < -0.3 is 13.4 Å². The molecule has 59 heavy (non-hydrogen) atoms. The number of para-hydroxylation sites is 1. The Kier molecular flexibility index (Phi) is 7.84. The topological polar surface area (TPSA) is 69.9 Å². The number of nitrogens with zero attached hydrogens (tertiary/aromatic N) is 4. The molecule has 0 unspecified atom stereocenters. The van der Waals surface area contributed by atoms with E-state index in [1.54, 1.807) is 0 Å². The van der Waals surface area contributed by atoms with Crippen LogP contribution in [0.1, 0.15) is 0 Å². The molecule has 16 radical (unpaired) electrons. The van der Waals surface area contributed by atoms with E-state index >= 15 is 0 Å². The molecule has 11 rings (SSSR count). The van der Waals surface area contributed by atoms with E-state index in [2.05, 4.69) is 0 Å². The molecule has 14 heteroatoms. The fourth-order valence-electron chi connectivity index (χ4n) is 8.39. The molecule has 0 fully saturated rings. The van der Waals surface area contributed by atoms with Gasteiger partial charge in [-0.1, -0.05) is 94.6 Å². The van der Waals surface area contributed by atoms with Gasteiger partial charge in [-0.25, -0.2) is 15.0 Å². The number of benzene rings is 7. The molecule has 0 atom stereocenters. The van der Waals surface area contributed by atoms with E-state index in [0.29, 0.717) is 61.7 Å². The van der Waals surface area contributed by atoms with Crippen LogP contribution >= 0.6 is 0 Å². The average molecular weight is 733 g/mol. The summed E-state index contributed by atoms with van der Waals surface area (Å²) in [7, 11) is 52.5. The van der Waals surface area contributed by atoms with Crippen LogP contribution in [0.3, 0.4) is 0 Å². The van der Waals surface area contributed by atoms with Crippen LogP contribution in [0.4, 0.5) is 0 Å². The lowest BCUT2D eigenvalue weighted by Crippen LogP contribution is -2.49. The SMILES string of the molecule is [B]c1c([B])c([B])c2c(c1[B])c1c([B])c([B])c([B])c([B])c1n2-c1cccc2oc3cc(-c4nc(-c5ccccc5)nc(-c5cccc6oc7ccccc7c56)n4)ccc3c12. The summed E-state index contributed by atoms with van der Waals surface area (Å²) in [4.78, 5) is 15.1. The highest BCUT2D eigenvalue weighted by atomic mass is 16.3. The van der Waals surface area contributed by atoms with Crippen LogP contribution in [0.2, 0.25) is 0 Å². The molecular formula is C45H18B8N4O2. The van der Waals surface area contributed by atoms with Crippen molar-refractivity contribution < 1.29 is 8.83 Å². The van der Waals surface area contributed by atoms with Crippen LogP contribution in [0, 0.1) is 0 Å². The van der Waals surface area contributed by atoms with Crippen molar-refractivity contribution in [2.24, 2.45) is 0 Å². The summed E-state index contributed by atoms with van der Waals surface area (Å²) >= 11 is 0. The fourth-order valence-corrected chi connectivity index (χ4v) is 8.39. The van der Waals surface area contributed by atoms with Crippen molar-refractivity contribution in [2.75, 3.05) is 0 Å². The van der Waals surface area contributed by atoms with Crippen LogP contribution in [-0.4, -0.2) is 82.3 Å². The molecule has 0 saturated heterocycles. The van der Waals surface area contributed by atoms with Crippen LogP contribution in [-0.2, 0) is 0 Å². The van der Waals surface area contributed by atoms with Crippen molar-refractivity contribution in [3.63, 3.8) is 0 Å². The predicted molar refractivity (Wildman–Crippen MR) is 248 cm³/mol. The van der Waals surface area contributed by atoms with Gasteiger partial charge in [-0.3, -0.25) is 0 Å². The standard InChI is InChI=1S/C45H18B8N4O2/c46-33-31-32-34(47)36(49)38(51)40(53)42(32)57(41(31)39(52)37(50)35(33)48)24-12-7-15-27-30(24)22-17-16-20(18-28(22)59-27)44-54-43(19-8-2-1-3-9-19)55-45(56-44)23-11-6-14-26-29(23)21-10-4-5-13-25(21)58-26/h1-18H. The van der Waals surface area contributed by atoms with E-state index in [-0.39, 0.29) is 43.7 Å². The minimum atomic E-state index is 0.119. The first-order valence-electron chi connectivity index (χ1n) is 18.6. The van der Waals surface area contributed by atoms with E-state index in [9.17, 15) is 0 Å². The minimum Gasteiger partial charge on any atom is -0.456 e. The quantitative estimate of drug-likeness (QED) is 0.260. The van der Waals surface area contributed by atoms with Gasteiger partial charge in [0.2, 0.25) is 0 Å². The van der Waals surface area contributed by atoms with Gasteiger partial charge in [0.1, 0.15) is 85.1 Å². The molecule has 0 aliphatic rings. The van der Waals surface area contributed by atoms with Crippen LogP contribution in [0.5, 0.6) is 0 Å². The monoisotopic (exact) mass is 734 g/mol. The molecule has 0 saturated carbocycles. The van der Waals surface area contributed by atoms with Crippen LogP contribution < -0.4 is 43.7 Å². The van der Waals surface area contributed by atoms with Gasteiger partial charge in [0.05, 0.1) is 11.1 Å². The largest absolute Gasteiger partial charge is 0.456 e. The molecule has 0 aliphatic heterocycles. The molecule has 0 aliphatic carbocycles. The normalized spacial score (nSPS) is 11.9. The predicted octanol–water partition coefficient (Wildman–Crippen LogP) is 2.12. The highest BCUT2D eigenvalue weighted by Crippen LogP contribution is 2.40. The first-order valence-corrected chi connectivity index (χ1v) is 18.6. The van der Waals surface area contributed by atoms with Crippen LogP contribution in [0.15, 0.2) is 118 Å². The highest BCUT2D eigenvalue weighted by Gasteiger charge is 2.25. The van der Waals surface area contributed by atoms with Crippen molar-refractivity contribution in [1.82, 2.24) is 19.5 Å². The number of aromatic nitrogens is 4. The Morgan fingerprint density at radius 2 is 0.898 bits per heavy atom. The molecular weight excluding hydrogens is 715 g/mol. The van der Waals surface area contributed by atoms with Gasteiger partial charge in [0, 0.05) is 43.9 Å². The summed E-state index contributed by atoms with van der Waals surface area (Å²) in [6, 6.07) is 35.1. The van der Waals surface area contributed by atoms with Crippen LogP contribution in [0.25, 0.3) is 106 Å². The molecule has 0 amide bonds. The van der Waals surface area contributed by atoms with E-state index < -0.39 is 0 Å². The van der Waals surface area contributed by atoms with Gasteiger partial charge in [-0.15, -0.1) is 21.9 Å². The summed E-state index contributed by atoms with van der Waals surface area (Å²) in [5, 5.41) is 4.32. The molecule has 11 aromatic rings. The van der Waals surface area contributed by atoms with Gasteiger partial charge in [-0.2, -0.15) is 0 Å². The number of rotatable bonds is 4. The van der Waals surface area contributed by atoms with E-state index in [1.807, 2.05) is 114 Å². The first kappa shape index (κ1) is 35.6. The molecule has 4 aromatic heterocycles. The van der Waals surface area contributed by atoms with Crippen molar-refractivity contribution in [1.29, 1.82) is 0 Å². The Hall–Kier alpha value is -6.53. The van der Waals surface area contributed by atoms with Crippen molar-refractivity contribution in [2.45, 2.75) is 0 Å². The lowest BCUT2D eigenvalue weighted by atomic mass is 9.63. The Morgan fingerprint density at radius 3 is 1.59 bits per heavy atom. The molecule has 254 valence electrons. The summed E-state index contributed by atoms with van der Waals surface area (Å²) in [6.07, 6.45) is 0. The lowest BCUT2D eigenvalue weighted by molar-refractivity contribution is 0.668. The van der Waals surface area contributed by atoms with Gasteiger partial charge in [0.25, 0.3) is 0 Å². The molecule has 0 spiro atoms. The van der Waals surface area contributed by atoms with E-state index in [0.717, 1.165) is 43.8 Å². The maximum Gasteiger partial charge on any atom is 0.164 e. The second kappa shape index (κ2) is 13.0. The van der Waals surface area contributed by atoms with Gasteiger partial charge >= 0.3 is 0 Å². The highest BCUT2D eigenvalue weighted by molar-refractivity contribution is 6.71. The number of hydrogen-bond acceptors (Lipinski definition) is 5. The molecule has 0 N–H and O–H groups in total. The fraction of sp³-hybridized carbons (Fsp3) is 0. The molecule has 4 heterocycles. The van der Waals surface area contributed by atoms with Crippen molar-refractivity contribution in [3.05, 3.63) is 109 Å². The molecule has 6 nitrogen and oxygen atoms in total. The Bertz CT molecular complexity index is 3540. The van der Waals surface area contributed by atoms with Crippen molar-refractivity contribution in [3.8, 4) is 39.9 Å². The number of hydrogen-bond donors (Lipinski definition) is 0. The smallest absolute Gasteiger partial charge is 0.164 e.